The van der Waals surface area contributed by atoms with E-state index in [1.165, 1.54) is 0 Å². The van der Waals surface area contributed by atoms with Crippen LogP contribution in [0.25, 0.3) is 11.2 Å². The van der Waals surface area contributed by atoms with Gasteiger partial charge in [0.1, 0.15) is 11.3 Å². The lowest BCUT2D eigenvalue weighted by molar-refractivity contribution is 0.0703. The smallest absolute Gasteiger partial charge is 0.255 e. The zero-order chi connectivity index (χ0) is 17.8. The van der Waals surface area contributed by atoms with Crippen molar-refractivity contribution in [2.24, 2.45) is 0 Å². The summed E-state index contributed by atoms with van der Waals surface area (Å²) in [5.74, 6) is 0.771. The molecule has 1 aromatic carbocycles. The van der Waals surface area contributed by atoms with Gasteiger partial charge in [-0.1, -0.05) is 12.1 Å². The van der Waals surface area contributed by atoms with Crippen molar-refractivity contribution in [3.63, 3.8) is 0 Å². The first-order valence-electron chi connectivity index (χ1n) is 8.22. The van der Waals surface area contributed by atoms with Gasteiger partial charge in [0.15, 0.2) is 0 Å². The average Bonchev–Trinajstić information content (AvgIpc) is 3.10. The monoisotopic (exact) mass is 339 g/mol. The molecule has 1 unspecified atom stereocenters. The zero-order valence-electron chi connectivity index (χ0n) is 14.6. The first-order valence-corrected chi connectivity index (χ1v) is 8.22. The second-order valence-electron chi connectivity index (χ2n) is 5.88. The second kappa shape index (κ2) is 7.29. The average molecular weight is 339 g/mol. The third kappa shape index (κ3) is 3.60. The standard InChI is InChI=1S/C18H21N5O2/c1-4-23(12(2)9-13-5-7-15(25-3)8-6-13)18(24)14-10-16-17(19-11-14)21-22-20-16/h5-8,10-12H,4,9H2,1-3H3,(H,19,20,21,22). The number of amides is 1. The molecule has 0 aliphatic rings. The van der Waals surface area contributed by atoms with Gasteiger partial charge in [-0.3, -0.25) is 4.79 Å². The fourth-order valence-corrected chi connectivity index (χ4v) is 2.89. The van der Waals surface area contributed by atoms with E-state index >= 15 is 0 Å². The highest BCUT2D eigenvalue weighted by Gasteiger charge is 2.21. The maximum absolute atomic E-state index is 12.9. The normalized spacial score (nSPS) is 12.1. The van der Waals surface area contributed by atoms with Crippen molar-refractivity contribution in [1.29, 1.82) is 0 Å². The molecular formula is C18H21N5O2. The Labute approximate surface area is 146 Å². The lowest BCUT2D eigenvalue weighted by atomic mass is 10.0. The molecule has 7 heteroatoms. The topological polar surface area (TPSA) is 84.0 Å². The molecular weight excluding hydrogens is 318 g/mol. The summed E-state index contributed by atoms with van der Waals surface area (Å²) in [6.07, 6.45) is 2.32. The summed E-state index contributed by atoms with van der Waals surface area (Å²) in [6.45, 7) is 4.64. The Morgan fingerprint density at radius 2 is 2.04 bits per heavy atom. The molecule has 7 nitrogen and oxygen atoms in total. The molecule has 0 saturated carbocycles. The molecule has 3 rings (SSSR count). The van der Waals surface area contributed by atoms with Crippen LogP contribution in [-0.4, -0.2) is 50.9 Å². The van der Waals surface area contributed by atoms with Crippen LogP contribution in [0.1, 0.15) is 29.8 Å². The van der Waals surface area contributed by atoms with E-state index < -0.39 is 0 Å². The quantitative estimate of drug-likeness (QED) is 0.746. The van der Waals surface area contributed by atoms with Gasteiger partial charge in [-0.05, 0) is 44.0 Å². The predicted octanol–water partition coefficient (Wildman–Crippen LogP) is 2.45. The Hall–Kier alpha value is -2.96. The summed E-state index contributed by atoms with van der Waals surface area (Å²) in [6, 6.07) is 9.69. The molecule has 1 atom stereocenters. The van der Waals surface area contributed by atoms with Crippen LogP contribution in [0.3, 0.4) is 0 Å². The number of methoxy groups -OCH3 is 1. The van der Waals surface area contributed by atoms with E-state index in [0.717, 1.165) is 17.7 Å². The number of likely N-dealkylation sites (N-methyl/N-ethyl adjacent to an activating group) is 1. The van der Waals surface area contributed by atoms with E-state index in [1.807, 2.05) is 43.0 Å². The molecule has 3 aromatic rings. The third-order valence-electron chi connectivity index (χ3n) is 4.24. The number of aromatic nitrogens is 4. The van der Waals surface area contributed by atoms with Gasteiger partial charge in [-0.25, -0.2) is 4.98 Å². The summed E-state index contributed by atoms with van der Waals surface area (Å²) >= 11 is 0. The van der Waals surface area contributed by atoms with E-state index in [-0.39, 0.29) is 11.9 Å². The van der Waals surface area contributed by atoms with Gasteiger partial charge in [-0.15, -0.1) is 5.10 Å². The zero-order valence-corrected chi connectivity index (χ0v) is 14.6. The van der Waals surface area contributed by atoms with E-state index in [2.05, 4.69) is 20.4 Å². The number of benzene rings is 1. The van der Waals surface area contributed by atoms with Crippen LogP contribution in [0, 0.1) is 0 Å². The Kier molecular flexibility index (Phi) is 4.92. The first kappa shape index (κ1) is 16.9. The minimum atomic E-state index is -0.0547. The predicted molar refractivity (Wildman–Crippen MR) is 94.6 cm³/mol. The Morgan fingerprint density at radius 3 is 2.72 bits per heavy atom. The largest absolute Gasteiger partial charge is 0.497 e. The highest BCUT2D eigenvalue weighted by molar-refractivity contribution is 5.96. The van der Waals surface area contributed by atoms with Crippen molar-refractivity contribution in [2.75, 3.05) is 13.7 Å². The van der Waals surface area contributed by atoms with Crippen molar-refractivity contribution in [3.05, 3.63) is 47.7 Å². The minimum absolute atomic E-state index is 0.0545. The molecule has 0 saturated heterocycles. The minimum Gasteiger partial charge on any atom is -0.497 e. The van der Waals surface area contributed by atoms with Crippen LogP contribution in [0.4, 0.5) is 0 Å². The molecule has 130 valence electrons. The number of nitrogens with zero attached hydrogens (tertiary/aromatic N) is 4. The van der Waals surface area contributed by atoms with Crippen LogP contribution in [0.5, 0.6) is 5.75 Å². The van der Waals surface area contributed by atoms with Crippen LogP contribution < -0.4 is 4.74 Å². The van der Waals surface area contributed by atoms with E-state index in [0.29, 0.717) is 23.3 Å². The van der Waals surface area contributed by atoms with Crippen molar-refractivity contribution in [2.45, 2.75) is 26.3 Å². The van der Waals surface area contributed by atoms with Gasteiger partial charge < -0.3 is 9.64 Å². The molecule has 0 aliphatic heterocycles. The SMILES string of the molecule is CCN(C(=O)c1cnc2n[nH]nc2c1)C(C)Cc1ccc(OC)cc1. The number of fused-ring (bicyclic) bond motifs is 1. The highest BCUT2D eigenvalue weighted by Crippen LogP contribution is 2.17. The number of nitrogens with one attached hydrogen (secondary N) is 1. The second-order valence-corrected chi connectivity index (χ2v) is 5.88. The Morgan fingerprint density at radius 1 is 1.28 bits per heavy atom. The van der Waals surface area contributed by atoms with Crippen LogP contribution in [0.15, 0.2) is 36.5 Å². The number of carbonyl (C=O) groups is 1. The van der Waals surface area contributed by atoms with Crippen molar-refractivity contribution < 1.29 is 9.53 Å². The molecule has 0 bridgehead atoms. The number of hydrogen-bond acceptors (Lipinski definition) is 5. The number of aromatic amines is 1. The lowest BCUT2D eigenvalue weighted by Gasteiger charge is -2.28. The molecule has 2 heterocycles. The maximum atomic E-state index is 12.9. The van der Waals surface area contributed by atoms with Gasteiger partial charge >= 0.3 is 0 Å². The number of pyridine rings is 1. The maximum Gasteiger partial charge on any atom is 0.255 e. The molecule has 0 aliphatic carbocycles. The molecule has 0 radical (unpaired) electrons. The van der Waals surface area contributed by atoms with Crippen molar-refractivity contribution in [3.8, 4) is 5.75 Å². The summed E-state index contributed by atoms with van der Waals surface area (Å²) in [5.41, 5.74) is 2.77. The van der Waals surface area contributed by atoms with Gasteiger partial charge in [0.25, 0.3) is 5.91 Å². The number of carbonyl (C=O) groups excluding carboxylic acids is 1. The van der Waals surface area contributed by atoms with E-state index in [4.69, 9.17) is 4.74 Å². The lowest BCUT2D eigenvalue weighted by Crippen LogP contribution is -2.39. The Balaban J connectivity index is 1.75. The highest BCUT2D eigenvalue weighted by atomic mass is 16.5. The summed E-state index contributed by atoms with van der Waals surface area (Å²) in [4.78, 5) is 18.9. The summed E-state index contributed by atoms with van der Waals surface area (Å²) in [5, 5.41) is 10.4. The van der Waals surface area contributed by atoms with Crippen LogP contribution in [-0.2, 0) is 6.42 Å². The van der Waals surface area contributed by atoms with Crippen LogP contribution >= 0.6 is 0 Å². The van der Waals surface area contributed by atoms with Crippen molar-refractivity contribution >= 4 is 17.1 Å². The number of H-pyrrole nitrogens is 1. The fourth-order valence-electron chi connectivity index (χ4n) is 2.89. The molecule has 0 fully saturated rings. The fraction of sp³-hybridized carbons (Fsp3) is 0.333. The van der Waals surface area contributed by atoms with Gasteiger partial charge in [0, 0.05) is 18.8 Å². The first-order chi connectivity index (χ1) is 12.1. The van der Waals surface area contributed by atoms with E-state index in [1.54, 1.807) is 19.4 Å². The molecule has 1 amide bonds. The van der Waals surface area contributed by atoms with Gasteiger partial charge in [-0.2, -0.15) is 10.3 Å². The summed E-state index contributed by atoms with van der Waals surface area (Å²) in [7, 11) is 1.65. The Bertz CT molecular complexity index is 859. The van der Waals surface area contributed by atoms with Gasteiger partial charge in [0.05, 0.1) is 12.7 Å². The third-order valence-corrected chi connectivity index (χ3v) is 4.24. The molecule has 2 aromatic heterocycles. The van der Waals surface area contributed by atoms with Gasteiger partial charge in [0.2, 0.25) is 5.65 Å². The van der Waals surface area contributed by atoms with Crippen molar-refractivity contribution in [1.82, 2.24) is 25.3 Å². The van der Waals surface area contributed by atoms with Crippen LogP contribution in [0.2, 0.25) is 0 Å². The molecule has 0 spiro atoms. The van der Waals surface area contributed by atoms with E-state index in [9.17, 15) is 4.79 Å². The number of rotatable bonds is 6. The number of ether oxygens (including phenoxy) is 1. The molecule has 1 N–H and O–H groups in total. The number of hydrogen-bond donors (Lipinski definition) is 1. The molecule has 25 heavy (non-hydrogen) atoms. The summed E-state index contributed by atoms with van der Waals surface area (Å²) < 4.78 is 5.18.